The molecule has 0 bridgehead atoms. The molecule has 4 aromatic carbocycles. The van der Waals surface area contributed by atoms with E-state index < -0.39 is 35.3 Å². The van der Waals surface area contributed by atoms with Crippen LogP contribution in [-0.2, 0) is 72.7 Å². The number of halogens is 6. The first-order valence-corrected chi connectivity index (χ1v) is 26.9. The summed E-state index contributed by atoms with van der Waals surface area (Å²) in [5.41, 5.74) is 2.56. The quantitative estimate of drug-likeness (QED) is 0.110. The number of nitrogens with zero attached hydrogens (tertiary/aromatic N) is 10. The van der Waals surface area contributed by atoms with Crippen LogP contribution < -0.4 is 9.80 Å². The summed E-state index contributed by atoms with van der Waals surface area (Å²) in [5, 5.41) is 16.4. The number of likely N-dealkylation sites (tertiary alicyclic amines) is 2. The lowest BCUT2D eigenvalue weighted by Gasteiger charge is -2.42. The highest BCUT2D eigenvalue weighted by Gasteiger charge is 2.50. The molecule has 2 saturated carbocycles. The summed E-state index contributed by atoms with van der Waals surface area (Å²) < 4.78 is 101. The number of hydrogen-bond donors (Lipinski definition) is 0. The summed E-state index contributed by atoms with van der Waals surface area (Å²) >= 11 is 0. The van der Waals surface area contributed by atoms with Crippen molar-refractivity contribution in [2.24, 2.45) is 37.8 Å². The fourth-order valence-electron chi connectivity index (χ4n) is 13.2. The third kappa shape index (κ3) is 8.90. The maximum atomic E-state index is 14.3. The molecular formula is C58H60F6N10O4. The van der Waals surface area contributed by atoms with Gasteiger partial charge in [0.2, 0.25) is 0 Å². The minimum atomic E-state index is -4.55. The molecule has 8 aliphatic rings. The van der Waals surface area contributed by atoms with Crippen LogP contribution in [-0.4, -0.2) is 104 Å². The van der Waals surface area contributed by atoms with E-state index in [0.717, 1.165) is 49.0 Å². The number of piperidine rings is 2. The third-order valence-electron chi connectivity index (χ3n) is 18.5. The first kappa shape index (κ1) is 51.0. The third-order valence-corrected chi connectivity index (χ3v) is 18.5. The van der Waals surface area contributed by atoms with Crippen molar-refractivity contribution in [2.45, 2.75) is 87.9 Å². The van der Waals surface area contributed by atoms with Gasteiger partial charge in [0.1, 0.15) is 24.3 Å². The van der Waals surface area contributed by atoms with Crippen LogP contribution in [0.2, 0.25) is 0 Å². The molecule has 2 aromatic heterocycles. The van der Waals surface area contributed by atoms with Gasteiger partial charge in [-0.25, -0.2) is 0 Å². The van der Waals surface area contributed by atoms with Crippen LogP contribution in [0.4, 0.5) is 37.7 Å². The number of carbonyl (C=O) groups is 2. The maximum Gasteiger partial charge on any atom is 0.416 e. The molecule has 0 radical (unpaired) electrons. The number of amides is 2. The summed E-state index contributed by atoms with van der Waals surface area (Å²) in [6.07, 6.45) is -2.13. The second kappa shape index (κ2) is 18.6. The predicted molar refractivity (Wildman–Crippen MR) is 274 cm³/mol. The summed E-state index contributed by atoms with van der Waals surface area (Å²) in [5.74, 6) is 3.55. The van der Waals surface area contributed by atoms with Gasteiger partial charge in [-0.05, 0) is 132 Å². The van der Waals surface area contributed by atoms with Gasteiger partial charge >= 0.3 is 12.4 Å². The highest BCUT2D eigenvalue weighted by atomic mass is 19.4. The van der Waals surface area contributed by atoms with Gasteiger partial charge < -0.3 is 28.4 Å². The smallest absolute Gasteiger partial charge is 0.379 e. The van der Waals surface area contributed by atoms with E-state index in [9.17, 15) is 35.9 Å². The molecule has 6 fully saturated rings. The number of benzene rings is 4. The van der Waals surface area contributed by atoms with Gasteiger partial charge in [0, 0.05) is 98.5 Å². The zero-order valence-corrected chi connectivity index (χ0v) is 43.8. The van der Waals surface area contributed by atoms with Crippen LogP contribution in [0.25, 0.3) is 0 Å². The van der Waals surface area contributed by atoms with E-state index in [2.05, 4.69) is 30.2 Å². The number of rotatable bonds is 12. The Hall–Kier alpha value is -6.48. The number of aromatic nitrogens is 6. The van der Waals surface area contributed by atoms with Gasteiger partial charge in [-0.3, -0.25) is 19.4 Å². The van der Waals surface area contributed by atoms with Crippen LogP contribution in [0, 0.1) is 23.7 Å². The van der Waals surface area contributed by atoms with Crippen molar-refractivity contribution >= 4 is 23.2 Å². The van der Waals surface area contributed by atoms with Crippen LogP contribution in [0.3, 0.4) is 0 Å². The number of carbonyl (C=O) groups excluding carboxylic acids is 2. The Morgan fingerprint density at radius 2 is 0.962 bits per heavy atom. The summed E-state index contributed by atoms with van der Waals surface area (Å²) in [4.78, 5) is 34.8. The standard InChI is InChI=1S/2C29H30F3N5O2/c2*1-17(36-11-19-6-20(19)12-36)18-7-23-24(25(8-18)29(30,31)32)13-37(27(23)38)22-5-3-4-21(9-22)28(14-39-15-28)10-26-34-33-16-35(26)2/h2*3-5,7-9,16-17,19-20H,6,10-15H2,1-2H3/t2*17-,19?,20?/m10/s1. The first-order chi connectivity index (χ1) is 37.3. The van der Waals surface area contributed by atoms with E-state index in [1.807, 2.05) is 73.5 Å². The van der Waals surface area contributed by atoms with Crippen molar-refractivity contribution in [2.75, 3.05) is 62.4 Å². The van der Waals surface area contributed by atoms with E-state index in [4.69, 9.17) is 9.47 Å². The number of hydrogen-bond acceptors (Lipinski definition) is 10. The van der Waals surface area contributed by atoms with Crippen LogP contribution in [0.15, 0.2) is 85.5 Å². The molecule has 2 amide bonds. The maximum absolute atomic E-state index is 14.3. The number of aryl methyl sites for hydroxylation is 2. The highest BCUT2D eigenvalue weighted by molar-refractivity contribution is 6.11. The Morgan fingerprint density at radius 3 is 1.28 bits per heavy atom. The Labute approximate surface area is 447 Å². The molecule has 2 aliphatic carbocycles. The van der Waals surface area contributed by atoms with E-state index in [0.29, 0.717) is 85.4 Å². The molecule has 4 saturated heterocycles. The van der Waals surface area contributed by atoms with Crippen molar-refractivity contribution in [1.29, 1.82) is 0 Å². The predicted octanol–water partition coefficient (Wildman–Crippen LogP) is 9.04. The van der Waals surface area contributed by atoms with E-state index in [1.165, 1.54) is 34.8 Å². The number of anilines is 2. The minimum absolute atomic E-state index is 0.0545. The molecule has 14 nitrogen and oxygen atoms in total. The van der Waals surface area contributed by atoms with E-state index in [-0.39, 0.29) is 58.3 Å². The largest absolute Gasteiger partial charge is 0.416 e. The van der Waals surface area contributed by atoms with Crippen LogP contribution in [0.1, 0.15) is 116 Å². The molecule has 6 aliphatic heterocycles. The molecule has 6 atom stereocenters. The number of alkyl halides is 6. The Kier molecular flexibility index (Phi) is 12.1. The molecular weight excluding hydrogens is 1010 g/mol. The molecule has 20 heteroatoms. The molecule has 408 valence electrons. The average molecular weight is 1080 g/mol. The van der Waals surface area contributed by atoms with Crippen molar-refractivity contribution < 1.29 is 45.4 Å². The number of fused-ring (bicyclic) bond motifs is 4. The van der Waals surface area contributed by atoms with Gasteiger partial charge in [-0.2, -0.15) is 26.3 Å². The lowest BCUT2D eigenvalue weighted by atomic mass is 9.75. The highest BCUT2D eigenvalue weighted by Crippen LogP contribution is 2.51. The van der Waals surface area contributed by atoms with Gasteiger partial charge in [0.15, 0.2) is 0 Å². The van der Waals surface area contributed by atoms with Gasteiger partial charge in [-0.15, -0.1) is 20.4 Å². The molecule has 14 rings (SSSR count). The molecule has 78 heavy (non-hydrogen) atoms. The van der Waals surface area contributed by atoms with Crippen molar-refractivity contribution in [3.05, 3.63) is 153 Å². The minimum Gasteiger partial charge on any atom is -0.379 e. The topological polar surface area (TPSA) is 127 Å². The zero-order valence-electron chi connectivity index (χ0n) is 43.8. The Morgan fingerprint density at radius 1 is 0.577 bits per heavy atom. The SMILES string of the molecule is C[C@@H](c1cc2c(c(C(F)(F)F)c1)CN(c1cccc(C3(Cc4nncn4C)COC3)c1)C2=O)N1CC2CC2C1.C[C@H](c1cc2c(c(C(F)(F)F)c1)CN(c1cccc(C3(Cc4nncn4C)COC3)c1)C2=O)N1CC2CC2C1. The lowest BCUT2D eigenvalue weighted by molar-refractivity contribution is -0.139. The zero-order chi connectivity index (χ0) is 54.2. The normalized spacial score (nSPS) is 24.4. The van der Waals surface area contributed by atoms with Gasteiger partial charge in [0.05, 0.1) is 50.6 Å². The molecule has 0 N–H and O–H groups in total. The first-order valence-electron chi connectivity index (χ1n) is 26.9. The second-order valence-electron chi connectivity index (χ2n) is 23.5. The second-order valence-corrected chi connectivity index (χ2v) is 23.5. The summed E-state index contributed by atoms with van der Waals surface area (Å²) in [7, 11) is 3.78. The van der Waals surface area contributed by atoms with E-state index in [1.54, 1.807) is 36.9 Å². The van der Waals surface area contributed by atoms with Crippen LogP contribution in [0.5, 0.6) is 0 Å². The molecule has 8 heterocycles. The monoisotopic (exact) mass is 1070 g/mol. The van der Waals surface area contributed by atoms with E-state index >= 15 is 0 Å². The summed E-state index contributed by atoms with van der Waals surface area (Å²) in [6.45, 7) is 9.31. The van der Waals surface area contributed by atoms with Crippen molar-refractivity contribution in [1.82, 2.24) is 39.3 Å². The van der Waals surface area contributed by atoms with Crippen molar-refractivity contribution in [3.8, 4) is 0 Å². The fraction of sp³-hybridized carbons (Fsp3) is 0.483. The van der Waals surface area contributed by atoms with Gasteiger partial charge in [-0.1, -0.05) is 24.3 Å². The van der Waals surface area contributed by atoms with Crippen molar-refractivity contribution in [3.63, 3.8) is 0 Å². The molecule has 0 spiro atoms. The molecule has 6 aromatic rings. The van der Waals surface area contributed by atoms with Gasteiger partial charge in [0.25, 0.3) is 11.8 Å². The fourth-order valence-corrected chi connectivity index (χ4v) is 13.2. The summed E-state index contributed by atoms with van der Waals surface area (Å²) in [6, 6.07) is 20.7. The number of ether oxygens (including phenoxy) is 2. The Bertz CT molecular complexity index is 3130. The lowest BCUT2D eigenvalue weighted by Crippen LogP contribution is -2.49. The Balaban J connectivity index is 0.000000148. The average Bonchev–Trinajstić information content (AvgIpc) is 3.99. The molecule has 4 unspecified atom stereocenters. The van der Waals surface area contributed by atoms with Crippen LogP contribution >= 0.6 is 0 Å².